The van der Waals surface area contributed by atoms with Gasteiger partial charge in [0.05, 0.1) is 25.4 Å². The molecule has 1 aliphatic heterocycles. The summed E-state index contributed by atoms with van der Waals surface area (Å²) in [5.74, 6) is -0.179. The van der Waals surface area contributed by atoms with Crippen molar-refractivity contribution < 1.29 is 39.8 Å². The van der Waals surface area contributed by atoms with Gasteiger partial charge in [0.2, 0.25) is 5.91 Å². The molecule has 0 bridgehead atoms. The van der Waals surface area contributed by atoms with E-state index in [0.717, 1.165) is 38.5 Å². The van der Waals surface area contributed by atoms with Crippen LogP contribution in [0.4, 0.5) is 0 Å². The topological polar surface area (TPSA) is 149 Å². The summed E-state index contributed by atoms with van der Waals surface area (Å²) in [6, 6.07) is -0.795. The minimum absolute atomic E-state index is 0.179. The van der Waals surface area contributed by atoms with E-state index in [4.69, 9.17) is 9.47 Å². The average Bonchev–Trinajstić information content (AvgIpc) is 3.11. The van der Waals surface area contributed by atoms with Crippen molar-refractivity contribution in [2.24, 2.45) is 0 Å². The minimum Gasteiger partial charge on any atom is -0.394 e. The predicted molar refractivity (Wildman–Crippen MR) is 203 cm³/mol. The Labute approximate surface area is 306 Å². The largest absolute Gasteiger partial charge is 0.394 e. The molecule has 0 aromatic heterocycles. The van der Waals surface area contributed by atoms with Gasteiger partial charge >= 0.3 is 0 Å². The first-order chi connectivity index (χ1) is 24.3. The molecule has 1 amide bonds. The number of carbonyl (C=O) groups is 1. The molecule has 7 atom stereocenters. The monoisotopic (exact) mass is 714 g/mol. The molecule has 6 N–H and O–H groups in total. The van der Waals surface area contributed by atoms with Crippen LogP contribution in [0.5, 0.6) is 0 Å². The summed E-state index contributed by atoms with van der Waals surface area (Å²) in [7, 11) is 0. The Balaban J connectivity index is 2.26. The van der Waals surface area contributed by atoms with Gasteiger partial charge in [-0.15, -0.1) is 0 Å². The first kappa shape index (κ1) is 47.0. The van der Waals surface area contributed by atoms with Gasteiger partial charge in [-0.3, -0.25) is 4.79 Å². The Morgan fingerprint density at radius 1 is 0.660 bits per heavy atom. The Morgan fingerprint density at radius 2 is 1.10 bits per heavy atom. The molecule has 0 radical (unpaired) electrons. The molecule has 9 heteroatoms. The van der Waals surface area contributed by atoms with Crippen molar-refractivity contribution in [1.29, 1.82) is 0 Å². The van der Waals surface area contributed by atoms with Gasteiger partial charge in [0.15, 0.2) is 6.29 Å². The first-order valence-corrected chi connectivity index (χ1v) is 20.9. The van der Waals surface area contributed by atoms with E-state index in [1.165, 1.54) is 128 Å². The number of aliphatic hydroxyl groups is 5. The van der Waals surface area contributed by atoms with E-state index in [9.17, 15) is 30.3 Å². The SMILES string of the molecule is CCCCCCC/C=C/C(O)C(COC1OC(CO)C(O)C(O)C1O)NC(=O)CCCCCCCCCCCCCCCCCCCCCC. The number of nitrogens with one attached hydrogen (secondary N) is 1. The maximum absolute atomic E-state index is 12.8. The summed E-state index contributed by atoms with van der Waals surface area (Å²) >= 11 is 0. The lowest BCUT2D eigenvalue weighted by Gasteiger charge is -2.40. The Morgan fingerprint density at radius 3 is 1.56 bits per heavy atom. The molecule has 9 nitrogen and oxygen atoms in total. The summed E-state index contributed by atoms with van der Waals surface area (Å²) < 4.78 is 11.1. The highest BCUT2D eigenvalue weighted by Gasteiger charge is 2.44. The Kier molecular flexibility index (Phi) is 30.6. The maximum atomic E-state index is 12.8. The van der Waals surface area contributed by atoms with Gasteiger partial charge in [-0.25, -0.2) is 0 Å². The van der Waals surface area contributed by atoms with Gasteiger partial charge in [0.25, 0.3) is 0 Å². The standard InChI is InChI=1S/C41H79NO8/c1-3-5-7-9-11-12-13-14-15-16-17-18-19-20-21-22-23-25-27-29-31-37(45)42-34(35(44)30-28-26-24-10-8-6-4-2)33-49-41-40(48)39(47)38(46)36(32-43)50-41/h28,30,34-36,38-41,43-44,46-48H,3-27,29,31-33H2,1-2H3,(H,42,45)/b30-28+. The van der Waals surface area contributed by atoms with Crippen LogP contribution < -0.4 is 5.32 Å². The normalized spacial score (nSPS) is 22.3. The van der Waals surface area contributed by atoms with E-state index in [2.05, 4.69) is 19.2 Å². The molecule has 1 aliphatic rings. The van der Waals surface area contributed by atoms with Gasteiger partial charge in [-0.05, 0) is 19.3 Å². The third-order valence-corrected chi connectivity index (χ3v) is 10.1. The highest BCUT2D eigenvalue weighted by atomic mass is 16.7. The van der Waals surface area contributed by atoms with Gasteiger partial charge < -0.3 is 40.3 Å². The van der Waals surface area contributed by atoms with E-state index in [1.54, 1.807) is 6.08 Å². The second-order valence-electron chi connectivity index (χ2n) is 14.8. The number of amides is 1. The van der Waals surface area contributed by atoms with Crippen LogP contribution in [0.1, 0.15) is 187 Å². The lowest BCUT2D eigenvalue weighted by molar-refractivity contribution is -0.302. The number of hydrogen-bond acceptors (Lipinski definition) is 8. The fourth-order valence-electron chi connectivity index (χ4n) is 6.68. The molecule has 0 aromatic carbocycles. The second kappa shape index (κ2) is 32.6. The number of aliphatic hydroxyl groups excluding tert-OH is 5. The predicted octanol–water partition coefficient (Wildman–Crippen LogP) is 7.78. The molecule has 50 heavy (non-hydrogen) atoms. The molecular weight excluding hydrogens is 634 g/mol. The number of rotatable bonds is 34. The summed E-state index contributed by atoms with van der Waals surface area (Å²) in [6.07, 6.45) is 28.5. The van der Waals surface area contributed by atoms with Crippen LogP contribution in [0.15, 0.2) is 12.2 Å². The Hall–Kier alpha value is -1.07. The third kappa shape index (κ3) is 23.5. The fraction of sp³-hybridized carbons (Fsp3) is 0.927. The van der Waals surface area contributed by atoms with Crippen LogP contribution in [0, 0.1) is 0 Å². The van der Waals surface area contributed by atoms with E-state index in [0.29, 0.717) is 6.42 Å². The van der Waals surface area contributed by atoms with E-state index in [-0.39, 0.29) is 12.5 Å². The lowest BCUT2D eigenvalue weighted by atomic mass is 9.99. The van der Waals surface area contributed by atoms with Crippen LogP contribution in [-0.4, -0.2) is 87.5 Å². The van der Waals surface area contributed by atoms with Crippen LogP contribution in [0.3, 0.4) is 0 Å². The molecule has 0 aliphatic carbocycles. The number of carbonyl (C=O) groups excluding carboxylic acids is 1. The highest BCUT2D eigenvalue weighted by Crippen LogP contribution is 2.22. The van der Waals surface area contributed by atoms with Gasteiger partial charge in [-0.1, -0.05) is 174 Å². The number of ether oxygens (including phenoxy) is 2. The zero-order chi connectivity index (χ0) is 36.7. The van der Waals surface area contributed by atoms with Crippen molar-refractivity contribution in [3.63, 3.8) is 0 Å². The second-order valence-corrected chi connectivity index (χ2v) is 14.8. The van der Waals surface area contributed by atoms with Crippen LogP contribution >= 0.6 is 0 Å². The summed E-state index contributed by atoms with van der Waals surface area (Å²) in [6.45, 7) is 3.71. The van der Waals surface area contributed by atoms with Crippen molar-refractivity contribution >= 4 is 5.91 Å². The van der Waals surface area contributed by atoms with Gasteiger partial charge in [0, 0.05) is 6.42 Å². The van der Waals surface area contributed by atoms with Crippen molar-refractivity contribution in [2.75, 3.05) is 13.2 Å². The summed E-state index contributed by atoms with van der Waals surface area (Å²) in [4.78, 5) is 12.8. The summed E-state index contributed by atoms with van der Waals surface area (Å²) in [5, 5.41) is 53.8. The quantitative estimate of drug-likeness (QED) is 0.0293. The van der Waals surface area contributed by atoms with E-state index >= 15 is 0 Å². The summed E-state index contributed by atoms with van der Waals surface area (Å²) in [5.41, 5.74) is 0. The molecule has 1 fully saturated rings. The highest BCUT2D eigenvalue weighted by molar-refractivity contribution is 5.76. The molecule has 7 unspecified atom stereocenters. The average molecular weight is 714 g/mol. The smallest absolute Gasteiger partial charge is 0.220 e. The molecule has 1 heterocycles. The first-order valence-electron chi connectivity index (χ1n) is 20.9. The number of allylic oxidation sites excluding steroid dienone is 1. The van der Waals surface area contributed by atoms with Crippen molar-refractivity contribution in [1.82, 2.24) is 5.32 Å². The molecule has 1 rings (SSSR count). The van der Waals surface area contributed by atoms with Gasteiger partial charge in [0.1, 0.15) is 24.4 Å². The van der Waals surface area contributed by atoms with Crippen LogP contribution in [-0.2, 0) is 14.3 Å². The fourth-order valence-corrected chi connectivity index (χ4v) is 6.68. The molecule has 0 saturated carbocycles. The third-order valence-electron chi connectivity index (χ3n) is 10.1. The van der Waals surface area contributed by atoms with Crippen molar-refractivity contribution in [3.8, 4) is 0 Å². The van der Waals surface area contributed by atoms with E-state index in [1.807, 2.05) is 6.08 Å². The molecule has 0 aromatic rings. The van der Waals surface area contributed by atoms with E-state index < -0.39 is 49.5 Å². The molecule has 1 saturated heterocycles. The number of hydrogen-bond donors (Lipinski definition) is 6. The maximum Gasteiger partial charge on any atom is 0.220 e. The van der Waals surface area contributed by atoms with Crippen molar-refractivity contribution in [2.45, 2.75) is 230 Å². The zero-order valence-corrected chi connectivity index (χ0v) is 32.2. The Bertz CT molecular complexity index is 797. The molecule has 0 spiro atoms. The molecule has 296 valence electrons. The van der Waals surface area contributed by atoms with Gasteiger partial charge in [-0.2, -0.15) is 0 Å². The molecular formula is C41H79NO8. The zero-order valence-electron chi connectivity index (χ0n) is 32.2. The van der Waals surface area contributed by atoms with Crippen molar-refractivity contribution in [3.05, 3.63) is 12.2 Å². The lowest BCUT2D eigenvalue weighted by Crippen LogP contribution is -2.60. The van der Waals surface area contributed by atoms with Crippen LogP contribution in [0.2, 0.25) is 0 Å². The minimum atomic E-state index is -1.56. The van der Waals surface area contributed by atoms with Crippen LogP contribution in [0.25, 0.3) is 0 Å². The number of unbranched alkanes of at least 4 members (excludes halogenated alkanes) is 24.